The van der Waals surface area contributed by atoms with E-state index in [-0.39, 0.29) is 13.2 Å². The first-order valence-electron chi connectivity index (χ1n) is 9.55. The number of ether oxygens (including phenoxy) is 4. The zero-order valence-corrected chi connectivity index (χ0v) is 23.1. The van der Waals surface area contributed by atoms with Crippen LogP contribution in [0, 0.1) is 0 Å². The molecule has 0 aromatic heterocycles. The number of aliphatic hydroxyl groups is 2. The highest BCUT2D eigenvalue weighted by molar-refractivity contribution is 9.11. The smallest absolute Gasteiger partial charge is 0.147 e. The van der Waals surface area contributed by atoms with E-state index in [1.54, 1.807) is 0 Å². The molecular weight excluding hydrogens is 668 g/mol. The topological polar surface area (TPSA) is 77.4 Å². The van der Waals surface area contributed by atoms with Crippen molar-refractivity contribution in [1.82, 2.24) is 0 Å². The fourth-order valence-electron chi connectivity index (χ4n) is 2.68. The molecule has 0 atom stereocenters. The van der Waals surface area contributed by atoms with Crippen molar-refractivity contribution < 1.29 is 29.2 Å². The van der Waals surface area contributed by atoms with Crippen molar-refractivity contribution in [3.63, 3.8) is 0 Å². The van der Waals surface area contributed by atoms with Crippen LogP contribution < -0.4 is 9.47 Å². The van der Waals surface area contributed by atoms with Gasteiger partial charge in [-0.25, -0.2) is 0 Å². The maximum atomic E-state index is 8.73. The van der Waals surface area contributed by atoms with Gasteiger partial charge in [-0.1, -0.05) is 0 Å². The molecule has 0 saturated carbocycles. The molecule has 0 radical (unpaired) electrons. The van der Waals surface area contributed by atoms with Gasteiger partial charge in [-0.3, -0.25) is 0 Å². The molecule has 172 valence electrons. The molecule has 0 aliphatic heterocycles. The fourth-order valence-corrected chi connectivity index (χ4v) is 5.70. The summed E-state index contributed by atoms with van der Waals surface area (Å²) in [6.07, 6.45) is 0.716. The van der Waals surface area contributed by atoms with Crippen molar-refractivity contribution in [1.29, 1.82) is 0 Å². The first kappa shape index (κ1) is 27.0. The summed E-state index contributed by atoms with van der Waals surface area (Å²) in [5.41, 5.74) is 2.21. The van der Waals surface area contributed by atoms with E-state index in [9.17, 15) is 0 Å². The Labute approximate surface area is 215 Å². The molecule has 31 heavy (non-hydrogen) atoms. The molecule has 2 aromatic rings. The molecule has 0 bridgehead atoms. The predicted octanol–water partition coefficient (Wildman–Crippen LogP) is 5.10. The predicted molar refractivity (Wildman–Crippen MR) is 133 cm³/mol. The lowest BCUT2D eigenvalue weighted by Crippen LogP contribution is -2.10. The van der Waals surface area contributed by atoms with Gasteiger partial charge in [-0.05, 0) is 106 Å². The molecule has 0 heterocycles. The van der Waals surface area contributed by atoms with Gasteiger partial charge < -0.3 is 29.2 Å². The highest BCUT2D eigenvalue weighted by atomic mass is 79.9. The molecule has 2 rings (SSSR count). The highest BCUT2D eigenvalue weighted by Gasteiger charge is 2.13. The molecule has 6 nitrogen and oxygen atoms in total. The van der Waals surface area contributed by atoms with Crippen LogP contribution in [0.2, 0.25) is 0 Å². The monoisotopic (exact) mass is 688 g/mol. The Bertz CT molecular complexity index is 720. The Morgan fingerprint density at radius 2 is 0.903 bits per heavy atom. The minimum absolute atomic E-state index is 0.000459. The molecule has 0 amide bonds. The highest BCUT2D eigenvalue weighted by Crippen LogP contribution is 2.38. The lowest BCUT2D eigenvalue weighted by molar-refractivity contribution is 0.0702. The van der Waals surface area contributed by atoms with E-state index in [4.69, 9.17) is 29.2 Å². The lowest BCUT2D eigenvalue weighted by Gasteiger charge is -2.14. The quantitative estimate of drug-likeness (QED) is 0.269. The van der Waals surface area contributed by atoms with Crippen molar-refractivity contribution in [2.45, 2.75) is 6.42 Å². The standard InChI is InChI=1S/C21H24Br4O6/c22-16-10-14(11-17(23)20(16)30-7-5-28-3-1-26)9-15-12-18(24)21(19(25)13-15)31-8-6-29-4-2-27/h10-13,26-27H,1-9H2. The number of halogens is 4. The Morgan fingerprint density at radius 1 is 0.548 bits per heavy atom. The van der Waals surface area contributed by atoms with Gasteiger partial charge in [-0.15, -0.1) is 0 Å². The summed E-state index contributed by atoms with van der Waals surface area (Å²) < 4.78 is 25.4. The van der Waals surface area contributed by atoms with E-state index in [1.165, 1.54) is 0 Å². The van der Waals surface area contributed by atoms with Crippen LogP contribution in [-0.4, -0.2) is 63.1 Å². The van der Waals surface area contributed by atoms with Crippen LogP contribution in [0.5, 0.6) is 11.5 Å². The molecular formula is C21H24Br4O6. The largest absolute Gasteiger partial charge is 0.489 e. The van der Waals surface area contributed by atoms with E-state index < -0.39 is 0 Å². The van der Waals surface area contributed by atoms with Crippen molar-refractivity contribution >= 4 is 63.7 Å². The minimum Gasteiger partial charge on any atom is -0.489 e. The van der Waals surface area contributed by atoms with E-state index in [2.05, 4.69) is 63.7 Å². The number of aliphatic hydroxyl groups excluding tert-OH is 2. The molecule has 2 N–H and O–H groups in total. The van der Waals surface area contributed by atoms with Crippen molar-refractivity contribution in [3.05, 3.63) is 53.3 Å². The van der Waals surface area contributed by atoms with Crippen LogP contribution in [-0.2, 0) is 15.9 Å². The van der Waals surface area contributed by atoms with Crippen molar-refractivity contribution in [2.24, 2.45) is 0 Å². The summed E-state index contributed by atoms with van der Waals surface area (Å²) in [6, 6.07) is 8.11. The van der Waals surface area contributed by atoms with Crippen LogP contribution in [0.15, 0.2) is 42.2 Å². The Balaban J connectivity index is 2.00. The summed E-state index contributed by atoms with van der Waals surface area (Å²) >= 11 is 14.3. The summed E-state index contributed by atoms with van der Waals surface area (Å²) in [6.45, 7) is 2.21. The van der Waals surface area contributed by atoms with Crippen LogP contribution in [0.4, 0.5) is 0 Å². The van der Waals surface area contributed by atoms with E-state index in [0.717, 1.165) is 29.0 Å². The summed E-state index contributed by atoms with van der Waals surface area (Å²) in [7, 11) is 0. The molecule has 0 saturated heterocycles. The van der Waals surface area contributed by atoms with Gasteiger partial charge in [-0.2, -0.15) is 0 Å². The van der Waals surface area contributed by atoms with Crippen LogP contribution in [0.3, 0.4) is 0 Å². The average Bonchev–Trinajstić information content (AvgIpc) is 2.71. The van der Waals surface area contributed by atoms with Crippen LogP contribution in [0.25, 0.3) is 0 Å². The lowest BCUT2D eigenvalue weighted by atomic mass is 10.0. The van der Waals surface area contributed by atoms with Gasteiger partial charge in [0.2, 0.25) is 0 Å². The Hall–Kier alpha value is -0.200. The summed E-state index contributed by atoms with van der Waals surface area (Å²) in [4.78, 5) is 0. The van der Waals surface area contributed by atoms with Gasteiger partial charge in [0.1, 0.15) is 24.7 Å². The SMILES string of the molecule is OCCOCCOc1c(Br)cc(Cc2cc(Br)c(OCCOCCO)c(Br)c2)cc1Br. The summed E-state index contributed by atoms with van der Waals surface area (Å²) in [5.74, 6) is 1.43. The van der Waals surface area contributed by atoms with Crippen LogP contribution in [0.1, 0.15) is 11.1 Å². The van der Waals surface area contributed by atoms with Crippen molar-refractivity contribution in [2.75, 3.05) is 52.9 Å². The number of benzene rings is 2. The van der Waals surface area contributed by atoms with Gasteiger partial charge >= 0.3 is 0 Å². The zero-order valence-electron chi connectivity index (χ0n) is 16.7. The molecule has 0 fully saturated rings. The number of rotatable bonds is 14. The van der Waals surface area contributed by atoms with E-state index >= 15 is 0 Å². The second kappa shape index (κ2) is 14.8. The molecule has 10 heteroatoms. The van der Waals surface area contributed by atoms with E-state index in [0.29, 0.717) is 57.6 Å². The van der Waals surface area contributed by atoms with Gasteiger partial charge in [0, 0.05) is 0 Å². The fraction of sp³-hybridized carbons (Fsp3) is 0.429. The first-order chi connectivity index (χ1) is 15.0. The maximum absolute atomic E-state index is 8.73. The molecule has 2 aromatic carbocycles. The molecule has 0 aliphatic carbocycles. The van der Waals surface area contributed by atoms with E-state index in [1.807, 2.05) is 24.3 Å². The summed E-state index contributed by atoms with van der Waals surface area (Å²) in [5, 5.41) is 17.5. The zero-order chi connectivity index (χ0) is 22.6. The third kappa shape index (κ3) is 9.29. The normalized spacial score (nSPS) is 11.0. The molecule has 0 unspecified atom stereocenters. The Kier molecular flexibility index (Phi) is 13.0. The van der Waals surface area contributed by atoms with Crippen molar-refractivity contribution in [3.8, 4) is 11.5 Å². The first-order valence-corrected chi connectivity index (χ1v) is 12.7. The molecule has 0 aliphatic rings. The van der Waals surface area contributed by atoms with Crippen LogP contribution >= 0.6 is 63.7 Å². The van der Waals surface area contributed by atoms with Gasteiger partial charge in [0.15, 0.2) is 0 Å². The maximum Gasteiger partial charge on any atom is 0.147 e. The third-order valence-electron chi connectivity index (χ3n) is 3.94. The second-order valence-corrected chi connectivity index (χ2v) is 9.74. The van der Waals surface area contributed by atoms with Gasteiger partial charge in [0.25, 0.3) is 0 Å². The number of hydrogen-bond acceptors (Lipinski definition) is 6. The molecule has 0 spiro atoms. The average molecular weight is 692 g/mol. The second-order valence-electron chi connectivity index (χ2n) is 6.32. The third-order valence-corrected chi connectivity index (χ3v) is 6.30. The minimum atomic E-state index is 0.000459. The number of hydrogen-bond donors (Lipinski definition) is 2. The van der Waals surface area contributed by atoms with Gasteiger partial charge in [0.05, 0.1) is 57.5 Å². The Morgan fingerprint density at radius 3 is 1.23 bits per heavy atom.